The minimum absolute atomic E-state index is 0.0701. The molecule has 0 saturated carbocycles. The van der Waals surface area contributed by atoms with Crippen LogP contribution in [-0.2, 0) is 11.3 Å². The average Bonchev–Trinajstić information content (AvgIpc) is 2.88. The molecule has 1 aliphatic heterocycles. The van der Waals surface area contributed by atoms with Crippen LogP contribution in [0.1, 0.15) is 69.3 Å². The van der Waals surface area contributed by atoms with E-state index in [-0.39, 0.29) is 11.2 Å². The zero-order chi connectivity index (χ0) is 25.4. The van der Waals surface area contributed by atoms with Gasteiger partial charge in [0.2, 0.25) is 11.2 Å². The monoisotopic (exact) mass is 481 g/mol. The van der Waals surface area contributed by atoms with E-state index in [1.165, 1.54) is 39.1 Å². The van der Waals surface area contributed by atoms with Crippen molar-refractivity contribution < 1.29 is 23.4 Å². The number of hydrogen-bond donors (Lipinski definition) is 0. The Morgan fingerprint density at radius 3 is 2.34 bits per heavy atom. The van der Waals surface area contributed by atoms with Gasteiger partial charge in [0.25, 0.3) is 0 Å². The molecular weight excluding hydrogens is 446 g/mol. The number of carbonyl (C=O) groups is 1. The first-order chi connectivity index (χ1) is 16.9. The highest BCUT2D eigenvalue weighted by molar-refractivity contribution is 5.89. The molecule has 7 nitrogen and oxygen atoms in total. The quantitative estimate of drug-likeness (QED) is 0.281. The van der Waals surface area contributed by atoms with Gasteiger partial charge in [-0.15, -0.1) is 0 Å². The number of hydrogen-bond acceptors (Lipinski definition) is 7. The number of rotatable bonds is 7. The third-order valence-electron chi connectivity index (χ3n) is 5.91. The summed E-state index contributed by atoms with van der Waals surface area (Å²) in [5, 5.41) is 0.432. The van der Waals surface area contributed by atoms with Gasteiger partial charge in [-0.05, 0) is 50.2 Å². The van der Waals surface area contributed by atoms with Crippen molar-refractivity contribution in [2.45, 2.75) is 66.0 Å². The molecule has 0 unspecified atom stereocenters. The van der Waals surface area contributed by atoms with E-state index in [1.807, 2.05) is 0 Å². The van der Waals surface area contributed by atoms with Gasteiger partial charge in [0, 0.05) is 12.6 Å². The second-order valence-corrected chi connectivity index (χ2v) is 8.79. The Hall–Kier alpha value is -3.32. The molecule has 1 aromatic heterocycles. The minimum Gasteiger partial charge on any atom is -0.478 e. The van der Waals surface area contributed by atoms with Gasteiger partial charge >= 0.3 is 5.97 Å². The van der Waals surface area contributed by atoms with E-state index in [0.29, 0.717) is 41.6 Å². The molecule has 0 spiro atoms. The van der Waals surface area contributed by atoms with Crippen LogP contribution in [-0.4, -0.2) is 30.8 Å². The van der Waals surface area contributed by atoms with Crippen molar-refractivity contribution >= 4 is 16.9 Å². The van der Waals surface area contributed by atoms with E-state index in [1.54, 1.807) is 36.4 Å². The van der Waals surface area contributed by atoms with Crippen molar-refractivity contribution in [2.75, 3.05) is 13.8 Å². The average molecular weight is 482 g/mol. The molecule has 0 fully saturated rings. The summed E-state index contributed by atoms with van der Waals surface area (Å²) in [5.41, 5.74) is 1.49. The molecular formula is C28H35NO6. The lowest BCUT2D eigenvalue weighted by atomic mass is 10.1. The highest BCUT2D eigenvalue weighted by Gasteiger charge is 2.24. The zero-order valence-corrected chi connectivity index (χ0v) is 21.3. The van der Waals surface area contributed by atoms with Crippen LogP contribution in [0.3, 0.4) is 0 Å². The Morgan fingerprint density at radius 2 is 1.74 bits per heavy atom. The summed E-state index contributed by atoms with van der Waals surface area (Å²) in [5.74, 6) is 0.770. The fraction of sp³-hybridized carbons (Fsp3) is 0.429. The molecule has 2 aromatic carbocycles. The van der Waals surface area contributed by atoms with Gasteiger partial charge in [0.1, 0.15) is 30.1 Å². The lowest BCUT2D eigenvalue weighted by Crippen LogP contribution is -2.37. The van der Waals surface area contributed by atoms with Gasteiger partial charge in [-0.2, -0.15) is 0 Å². The van der Waals surface area contributed by atoms with Crippen LogP contribution in [0.2, 0.25) is 0 Å². The Morgan fingerprint density at radius 1 is 1.06 bits per heavy atom. The molecule has 2 heterocycles. The first-order valence-corrected chi connectivity index (χ1v) is 12.2. The summed E-state index contributed by atoms with van der Waals surface area (Å²) >= 11 is 0. The highest BCUT2D eigenvalue weighted by atomic mass is 16.5. The SMILES string of the molecule is CCCCCC.COC(=O)c1ccc(Oc2coc3c4c(ccc3c2=O)OCN(C(C)C)C4)cc1. The van der Waals surface area contributed by atoms with Crippen molar-refractivity contribution in [1.29, 1.82) is 0 Å². The Kier molecular flexibility index (Phi) is 9.32. The number of fused-ring (bicyclic) bond motifs is 3. The molecule has 0 amide bonds. The summed E-state index contributed by atoms with van der Waals surface area (Å²) in [6.07, 6.45) is 6.85. The minimum atomic E-state index is -0.441. The number of nitrogens with zero attached hydrogens (tertiary/aromatic N) is 1. The molecule has 0 radical (unpaired) electrons. The molecule has 0 saturated heterocycles. The number of methoxy groups -OCH3 is 1. The van der Waals surface area contributed by atoms with E-state index >= 15 is 0 Å². The van der Waals surface area contributed by atoms with Gasteiger partial charge in [-0.1, -0.05) is 39.5 Å². The zero-order valence-electron chi connectivity index (χ0n) is 21.3. The summed E-state index contributed by atoms with van der Waals surface area (Å²) in [7, 11) is 1.32. The van der Waals surface area contributed by atoms with Crippen molar-refractivity contribution in [3.8, 4) is 17.2 Å². The molecule has 7 heteroatoms. The van der Waals surface area contributed by atoms with Gasteiger partial charge in [-0.25, -0.2) is 4.79 Å². The van der Waals surface area contributed by atoms with Gasteiger partial charge in [0.05, 0.1) is 23.6 Å². The van der Waals surface area contributed by atoms with Gasteiger partial charge in [-0.3, -0.25) is 9.69 Å². The van der Waals surface area contributed by atoms with Crippen LogP contribution >= 0.6 is 0 Å². The van der Waals surface area contributed by atoms with Crippen molar-refractivity contribution in [2.24, 2.45) is 0 Å². The summed E-state index contributed by atoms with van der Waals surface area (Å²) in [4.78, 5) is 26.6. The lowest BCUT2D eigenvalue weighted by molar-refractivity contribution is 0.0600. The normalized spacial score (nSPS) is 13.0. The van der Waals surface area contributed by atoms with E-state index in [9.17, 15) is 9.59 Å². The maximum atomic E-state index is 12.9. The molecule has 0 N–H and O–H groups in total. The molecule has 3 aromatic rings. The maximum absolute atomic E-state index is 12.9. The maximum Gasteiger partial charge on any atom is 0.337 e. The molecule has 0 atom stereocenters. The smallest absolute Gasteiger partial charge is 0.337 e. The third-order valence-corrected chi connectivity index (χ3v) is 5.91. The Labute approximate surface area is 206 Å². The molecule has 0 aliphatic carbocycles. The molecule has 4 rings (SSSR count). The number of carbonyl (C=O) groups excluding carboxylic acids is 1. The van der Waals surface area contributed by atoms with Crippen LogP contribution in [0, 0.1) is 0 Å². The largest absolute Gasteiger partial charge is 0.478 e. The van der Waals surface area contributed by atoms with Gasteiger partial charge < -0.3 is 18.6 Å². The fourth-order valence-corrected chi connectivity index (χ4v) is 3.71. The number of ether oxygens (including phenoxy) is 3. The first kappa shape index (κ1) is 26.3. The van der Waals surface area contributed by atoms with E-state index in [2.05, 4.69) is 37.3 Å². The van der Waals surface area contributed by atoms with Crippen molar-refractivity contribution in [1.82, 2.24) is 4.90 Å². The van der Waals surface area contributed by atoms with E-state index in [4.69, 9.17) is 13.9 Å². The van der Waals surface area contributed by atoms with E-state index in [0.717, 1.165) is 11.3 Å². The summed E-state index contributed by atoms with van der Waals surface area (Å²) < 4.78 is 22.0. The number of benzene rings is 2. The first-order valence-electron chi connectivity index (χ1n) is 12.2. The lowest BCUT2D eigenvalue weighted by Gasteiger charge is -2.31. The van der Waals surface area contributed by atoms with Crippen LogP contribution in [0.25, 0.3) is 11.0 Å². The van der Waals surface area contributed by atoms with Crippen molar-refractivity contribution in [3.63, 3.8) is 0 Å². The van der Waals surface area contributed by atoms with Crippen LogP contribution in [0.5, 0.6) is 17.2 Å². The third kappa shape index (κ3) is 6.42. The molecule has 1 aliphatic rings. The highest BCUT2D eigenvalue weighted by Crippen LogP contribution is 2.33. The van der Waals surface area contributed by atoms with Gasteiger partial charge in [0.15, 0.2) is 0 Å². The molecule has 35 heavy (non-hydrogen) atoms. The summed E-state index contributed by atoms with van der Waals surface area (Å²) in [6.45, 7) is 9.79. The number of esters is 1. The van der Waals surface area contributed by atoms with Crippen LogP contribution in [0.4, 0.5) is 0 Å². The van der Waals surface area contributed by atoms with Crippen LogP contribution < -0.4 is 14.9 Å². The van der Waals surface area contributed by atoms with E-state index < -0.39 is 5.97 Å². The van der Waals surface area contributed by atoms with Crippen molar-refractivity contribution in [3.05, 3.63) is 64.0 Å². The topological polar surface area (TPSA) is 78.2 Å². The molecule has 0 bridgehead atoms. The predicted molar refractivity (Wildman–Crippen MR) is 136 cm³/mol. The van der Waals surface area contributed by atoms with Crippen LogP contribution in [0.15, 0.2) is 51.9 Å². The predicted octanol–water partition coefficient (Wildman–Crippen LogP) is 6.52. The molecule has 188 valence electrons. The second kappa shape index (κ2) is 12.4. The number of unbranched alkanes of at least 4 members (excludes halogenated alkanes) is 3. The Balaban J connectivity index is 0.000000509. The summed E-state index contributed by atoms with van der Waals surface area (Å²) in [6, 6.07) is 10.1. The second-order valence-electron chi connectivity index (χ2n) is 8.79. The Bertz CT molecular complexity index is 1180. The standard InChI is InChI=1S/C22H21NO6.C6H14/c1-13(2)23-10-17-18(28-12-23)9-8-16-20(24)19(11-27-21(16)17)29-15-6-4-14(5-7-15)22(25)26-3;1-3-5-6-4-2/h4-9,11,13H,10,12H2,1-3H3;3-6H2,1-2H3. The fourth-order valence-electron chi connectivity index (χ4n) is 3.71.